The maximum Gasteiger partial charge on any atom is 0.129 e. The fraction of sp³-hybridized carbons (Fsp3) is 0.286. The molecular weight excluding hydrogens is 313 g/mol. The number of rotatable bonds is 4. The van der Waals surface area contributed by atoms with Gasteiger partial charge in [0.2, 0.25) is 0 Å². The van der Waals surface area contributed by atoms with Crippen LogP contribution in [-0.2, 0) is 13.1 Å². The van der Waals surface area contributed by atoms with Gasteiger partial charge in [-0.25, -0.2) is 4.39 Å². The molecule has 0 saturated carbocycles. The highest BCUT2D eigenvalue weighted by atomic mass is 79.9. The molecule has 0 saturated heterocycles. The van der Waals surface area contributed by atoms with Crippen LogP contribution in [0.1, 0.15) is 21.6 Å². The topological polar surface area (TPSA) is 12.0 Å². The molecule has 0 amide bonds. The van der Waals surface area contributed by atoms with Crippen LogP contribution in [0.2, 0.25) is 0 Å². The number of hydrogen-bond donors (Lipinski definition) is 1. The van der Waals surface area contributed by atoms with Gasteiger partial charge in [0, 0.05) is 18.0 Å². The number of aryl methyl sites for hydroxylation is 2. The second kappa shape index (κ2) is 5.95. The summed E-state index contributed by atoms with van der Waals surface area (Å²) in [6, 6.07) is 7.95. The lowest BCUT2D eigenvalue weighted by Crippen LogP contribution is -2.12. The third-order valence-corrected chi connectivity index (χ3v) is 4.38. The Morgan fingerprint density at radius 1 is 1.17 bits per heavy atom. The van der Waals surface area contributed by atoms with Crippen LogP contribution in [0.4, 0.5) is 4.39 Å². The molecule has 1 aromatic heterocycles. The highest BCUT2D eigenvalue weighted by molar-refractivity contribution is 9.11. The van der Waals surface area contributed by atoms with Crippen molar-refractivity contribution >= 4 is 27.3 Å². The van der Waals surface area contributed by atoms with Gasteiger partial charge in [0.15, 0.2) is 0 Å². The molecule has 18 heavy (non-hydrogen) atoms. The average molecular weight is 328 g/mol. The summed E-state index contributed by atoms with van der Waals surface area (Å²) in [4.78, 5) is 1.29. The van der Waals surface area contributed by atoms with Crippen molar-refractivity contribution in [3.8, 4) is 0 Å². The summed E-state index contributed by atoms with van der Waals surface area (Å²) in [6.07, 6.45) is 0. The normalized spacial score (nSPS) is 10.9. The molecular formula is C14H15BrFNS. The van der Waals surface area contributed by atoms with Crippen LogP contribution in [0.25, 0.3) is 0 Å². The van der Waals surface area contributed by atoms with Gasteiger partial charge in [0.25, 0.3) is 0 Å². The van der Waals surface area contributed by atoms with Crippen molar-refractivity contribution in [2.75, 3.05) is 0 Å². The molecule has 0 bridgehead atoms. The first-order valence-electron chi connectivity index (χ1n) is 5.77. The predicted octanol–water partition coefficient (Wildman–Crippen LogP) is 4.56. The fourth-order valence-electron chi connectivity index (χ4n) is 1.91. The zero-order valence-electron chi connectivity index (χ0n) is 10.4. The monoisotopic (exact) mass is 327 g/mol. The van der Waals surface area contributed by atoms with Crippen LogP contribution < -0.4 is 5.32 Å². The molecule has 96 valence electrons. The summed E-state index contributed by atoms with van der Waals surface area (Å²) < 4.78 is 14.6. The summed E-state index contributed by atoms with van der Waals surface area (Å²) in [5.74, 6) is -0.0964. The molecule has 0 aliphatic rings. The lowest BCUT2D eigenvalue weighted by atomic mass is 10.1. The smallest absolute Gasteiger partial charge is 0.129 e. The molecule has 1 aromatic carbocycles. The van der Waals surface area contributed by atoms with Gasteiger partial charge in [0.1, 0.15) is 5.82 Å². The van der Waals surface area contributed by atoms with E-state index in [1.807, 2.05) is 32.0 Å². The summed E-state index contributed by atoms with van der Waals surface area (Å²) in [5, 5.41) is 3.37. The first-order chi connectivity index (χ1) is 8.56. The van der Waals surface area contributed by atoms with Crippen LogP contribution in [0.3, 0.4) is 0 Å². The van der Waals surface area contributed by atoms with E-state index in [0.717, 1.165) is 22.4 Å². The molecule has 0 unspecified atom stereocenters. The number of thiophene rings is 1. The van der Waals surface area contributed by atoms with Gasteiger partial charge in [-0.1, -0.05) is 12.1 Å². The van der Waals surface area contributed by atoms with E-state index in [1.54, 1.807) is 11.3 Å². The zero-order valence-corrected chi connectivity index (χ0v) is 12.8. The maximum absolute atomic E-state index is 13.5. The van der Waals surface area contributed by atoms with Gasteiger partial charge >= 0.3 is 0 Å². The molecule has 0 fully saturated rings. The van der Waals surface area contributed by atoms with Crippen molar-refractivity contribution in [3.63, 3.8) is 0 Å². The first-order valence-corrected chi connectivity index (χ1v) is 7.38. The van der Waals surface area contributed by atoms with Crippen molar-refractivity contribution in [3.05, 3.63) is 55.4 Å². The van der Waals surface area contributed by atoms with E-state index in [4.69, 9.17) is 0 Å². The van der Waals surface area contributed by atoms with E-state index in [9.17, 15) is 4.39 Å². The van der Waals surface area contributed by atoms with E-state index in [-0.39, 0.29) is 5.82 Å². The molecule has 2 rings (SSSR count). The number of benzene rings is 1. The average Bonchev–Trinajstić information content (AvgIpc) is 2.72. The van der Waals surface area contributed by atoms with Crippen LogP contribution in [0, 0.1) is 19.7 Å². The van der Waals surface area contributed by atoms with Crippen molar-refractivity contribution < 1.29 is 4.39 Å². The Morgan fingerprint density at radius 3 is 2.39 bits per heavy atom. The van der Waals surface area contributed by atoms with Crippen molar-refractivity contribution in [2.45, 2.75) is 26.9 Å². The molecule has 1 heterocycles. The van der Waals surface area contributed by atoms with Crippen LogP contribution in [-0.4, -0.2) is 0 Å². The van der Waals surface area contributed by atoms with E-state index in [1.165, 1.54) is 4.88 Å². The Labute approximate surface area is 119 Å². The predicted molar refractivity (Wildman–Crippen MR) is 78.4 cm³/mol. The largest absolute Gasteiger partial charge is 0.308 e. The Hall–Kier alpha value is -0.710. The van der Waals surface area contributed by atoms with Crippen molar-refractivity contribution in [2.24, 2.45) is 0 Å². The summed E-state index contributed by atoms with van der Waals surface area (Å²) >= 11 is 5.17. The van der Waals surface area contributed by atoms with E-state index in [2.05, 4.69) is 27.3 Å². The molecule has 0 aliphatic heterocycles. The summed E-state index contributed by atoms with van der Waals surface area (Å²) in [7, 11) is 0. The SMILES string of the molecule is Cc1cc(CNCc2ccc(Br)s2)cc(C)c1F. The van der Waals surface area contributed by atoms with E-state index in [0.29, 0.717) is 11.1 Å². The minimum absolute atomic E-state index is 0.0964. The highest BCUT2D eigenvalue weighted by Gasteiger charge is 2.04. The lowest BCUT2D eigenvalue weighted by Gasteiger charge is -2.07. The molecule has 4 heteroatoms. The molecule has 0 spiro atoms. The highest BCUT2D eigenvalue weighted by Crippen LogP contribution is 2.22. The zero-order chi connectivity index (χ0) is 13.1. The van der Waals surface area contributed by atoms with Crippen LogP contribution in [0.5, 0.6) is 0 Å². The molecule has 1 N–H and O–H groups in total. The third kappa shape index (κ3) is 3.40. The van der Waals surface area contributed by atoms with Crippen LogP contribution >= 0.6 is 27.3 Å². The first kappa shape index (κ1) is 13.7. The van der Waals surface area contributed by atoms with Gasteiger partial charge in [-0.2, -0.15) is 0 Å². The number of hydrogen-bond acceptors (Lipinski definition) is 2. The van der Waals surface area contributed by atoms with Crippen LogP contribution in [0.15, 0.2) is 28.1 Å². The van der Waals surface area contributed by atoms with Crippen molar-refractivity contribution in [1.82, 2.24) is 5.32 Å². The fourth-order valence-corrected chi connectivity index (χ4v) is 3.37. The van der Waals surface area contributed by atoms with Gasteiger partial charge < -0.3 is 5.32 Å². The quantitative estimate of drug-likeness (QED) is 0.868. The molecule has 0 atom stereocenters. The standard InChI is InChI=1S/C14H15BrFNS/c1-9-5-11(6-10(2)14(9)16)7-17-8-12-3-4-13(15)18-12/h3-6,17H,7-8H2,1-2H3. The molecule has 2 aromatic rings. The van der Waals surface area contributed by atoms with E-state index < -0.39 is 0 Å². The van der Waals surface area contributed by atoms with Gasteiger partial charge in [-0.15, -0.1) is 11.3 Å². The molecule has 1 nitrogen and oxygen atoms in total. The lowest BCUT2D eigenvalue weighted by molar-refractivity contribution is 0.606. The molecule has 0 radical (unpaired) electrons. The van der Waals surface area contributed by atoms with Gasteiger partial charge in [-0.05, 0) is 58.6 Å². The number of nitrogens with one attached hydrogen (secondary N) is 1. The third-order valence-electron chi connectivity index (χ3n) is 2.75. The Kier molecular flexibility index (Phi) is 4.54. The molecule has 0 aliphatic carbocycles. The Balaban J connectivity index is 1.94. The Morgan fingerprint density at radius 2 is 1.83 bits per heavy atom. The maximum atomic E-state index is 13.5. The Bertz CT molecular complexity index is 527. The second-order valence-electron chi connectivity index (χ2n) is 4.35. The number of halogens is 2. The summed E-state index contributed by atoms with van der Waals surface area (Å²) in [6.45, 7) is 5.22. The van der Waals surface area contributed by atoms with Gasteiger partial charge in [0.05, 0.1) is 3.79 Å². The second-order valence-corrected chi connectivity index (χ2v) is 6.90. The summed E-state index contributed by atoms with van der Waals surface area (Å²) in [5.41, 5.74) is 2.55. The van der Waals surface area contributed by atoms with E-state index >= 15 is 0 Å². The van der Waals surface area contributed by atoms with Gasteiger partial charge in [-0.3, -0.25) is 0 Å². The minimum atomic E-state index is -0.0964. The van der Waals surface area contributed by atoms with Crippen molar-refractivity contribution in [1.29, 1.82) is 0 Å². The minimum Gasteiger partial charge on any atom is -0.308 e.